The monoisotopic (exact) mass is 389 g/mol. The van der Waals surface area contributed by atoms with Gasteiger partial charge in [-0.15, -0.1) is 0 Å². The van der Waals surface area contributed by atoms with Crippen molar-refractivity contribution in [3.05, 3.63) is 71.2 Å². The molecule has 2 aromatic carbocycles. The van der Waals surface area contributed by atoms with E-state index >= 15 is 0 Å². The summed E-state index contributed by atoms with van der Waals surface area (Å²) >= 11 is 0. The van der Waals surface area contributed by atoms with Crippen molar-refractivity contribution in [2.75, 3.05) is 19.2 Å². The van der Waals surface area contributed by atoms with E-state index in [0.29, 0.717) is 5.75 Å². The molecule has 150 valence electrons. The molecule has 2 aliphatic heterocycles. The van der Waals surface area contributed by atoms with Gasteiger partial charge in [-0.2, -0.15) is 0 Å². The highest BCUT2D eigenvalue weighted by Gasteiger charge is 2.37. The summed E-state index contributed by atoms with van der Waals surface area (Å²) in [5.74, 6) is 2.38. The number of ether oxygens (including phenoxy) is 2. The first kappa shape index (κ1) is 19.1. The molecule has 2 aromatic rings. The van der Waals surface area contributed by atoms with Gasteiger partial charge >= 0.3 is 0 Å². The van der Waals surface area contributed by atoms with Crippen LogP contribution in [-0.4, -0.2) is 31.0 Å². The van der Waals surface area contributed by atoms with Gasteiger partial charge in [-0.25, -0.2) is 10.0 Å². The van der Waals surface area contributed by atoms with Crippen LogP contribution >= 0.6 is 0 Å². The highest BCUT2D eigenvalue weighted by atomic mass is 16.5. The highest BCUT2D eigenvalue weighted by molar-refractivity contribution is 5.96. The summed E-state index contributed by atoms with van der Waals surface area (Å²) in [6.45, 7) is 8.53. The van der Waals surface area contributed by atoms with Crippen LogP contribution in [0.15, 0.2) is 59.5 Å². The van der Waals surface area contributed by atoms with Crippen LogP contribution in [0.1, 0.15) is 30.5 Å². The van der Waals surface area contributed by atoms with Gasteiger partial charge in [-0.1, -0.05) is 12.1 Å². The third kappa shape index (κ3) is 3.16. The molecule has 0 spiro atoms. The van der Waals surface area contributed by atoms with Crippen LogP contribution in [0.3, 0.4) is 0 Å². The summed E-state index contributed by atoms with van der Waals surface area (Å²) in [6, 6.07) is 12.7. The van der Waals surface area contributed by atoms with Gasteiger partial charge in [0, 0.05) is 17.5 Å². The van der Waals surface area contributed by atoms with E-state index < -0.39 is 0 Å². The van der Waals surface area contributed by atoms with E-state index in [2.05, 4.69) is 61.3 Å². The number of anilines is 1. The Bertz CT molecular complexity index is 1050. The summed E-state index contributed by atoms with van der Waals surface area (Å²) in [4.78, 5) is 4.89. The molecule has 0 aliphatic carbocycles. The first-order chi connectivity index (χ1) is 13.9. The van der Waals surface area contributed by atoms with E-state index in [1.165, 1.54) is 11.1 Å². The average Bonchev–Trinajstić information content (AvgIpc) is 3.00. The normalized spacial score (nSPS) is 18.1. The summed E-state index contributed by atoms with van der Waals surface area (Å²) in [5, 5.41) is 4.44. The Labute approximate surface area is 172 Å². The topological polar surface area (TPSA) is 37.3 Å². The van der Waals surface area contributed by atoms with Gasteiger partial charge in [0.15, 0.2) is 17.3 Å². The molecule has 5 heteroatoms. The van der Waals surface area contributed by atoms with Crippen molar-refractivity contribution in [1.82, 2.24) is 5.01 Å². The van der Waals surface area contributed by atoms with E-state index in [1.54, 1.807) is 14.2 Å². The second-order valence-corrected chi connectivity index (χ2v) is 7.51. The molecule has 0 bridgehead atoms. The Kier molecular flexibility index (Phi) is 4.82. The zero-order valence-electron chi connectivity index (χ0n) is 17.9. The zero-order valence-corrected chi connectivity index (χ0v) is 17.9. The molecule has 4 rings (SSSR count). The van der Waals surface area contributed by atoms with Crippen LogP contribution in [0.2, 0.25) is 0 Å². The second kappa shape index (κ2) is 7.32. The lowest BCUT2D eigenvalue weighted by atomic mass is 9.99. The van der Waals surface area contributed by atoms with Gasteiger partial charge in [-0.3, -0.25) is 5.01 Å². The zero-order chi connectivity index (χ0) is 20.7. The SMILES string of the molecule is COc1ccc(C2=C3N=C(C)C=CN3N(c3ccc(C)c(C)c3)C2C)cc1OC. The summed E-state index contributed by atoms with van der Waals surface area (Å²) in [6.07, 6.45) is 4.14. The predicted molar refractivity (Wildman–Crippen MR) is 118 cm³/mol. The molecule has 0 radical (unpaired) electrons. The third-order valence-corrected chi connectivity index (χ3v) is 5.66. The third-order valence-electron chi connectivity index (χ3n) is 5.66. The van der Waals surface area contributed by atoms with Crippen molar-refractivity contribution in [1.29, 1.82) is 0 Å². The molecular formula is C24H27N3O2. The minimum absolute atomic E-state index is 0.101. The van der Waals surface area contributed by atoms with E-state index in [4.69, 9.17) is 14.5 Å². The summed E-state index contributed by atoms with van der Waals surface area (Å²) < 4.78 is 11.0. The van der Waals surface area contributed by atoms with Gasteiger partial charge in [0.1, 0.15) is 0 Å². The van der Waals surface area contributed by atoms with E-state index in [1.807, 2.05) is 25.1 Å². The first-order valence-electron chi connectivity index (χ1n) is 9.80. The quantitative estimate of drug-likeness (QED) is 0.729. The maximum absolute atomic E-state index is 5.54. The lowest BCUT2D eigenvalue weighted by Gasteiger charge is -2.34. The van der Waals surface area contributed by atoms with E-state index in [9.17, 15) is 0 Å². The van der Waals surface area contributed by atoms with Crippen LogP contribution in [0.5, 0.6) is 11.5 Å². The standard InChI is InChI=1S/C24H27N3O2/c1-15-7-9-20(13-16(15)2)27-18(4)23(24-25-17(3)11-12-26(24)27)19-8-10-21(28-5)22(14-19)29-6/h7-14,18H,1-6H3. The van der Waals surface area contributed by atoms with Gasteiger partial charge in [0.2, 0.25) is 0 Å². The van der Waals surface area contributed by atoms with Crippen molar-refractivity contribution < 1.29 is 9.47 Å². The number of methoxy groups -OCH3 is 2. The Balaban J connectivity index is 1.85. The molecule has 2 heterocycles. The number of allylic oxidation sites excluding steroid dienone is 1. The number of nitrogens with zero attached hydrogens (tertiary/aromatic N) is 3. The van der Waals surface area contributed by atoms with Crippen LogP contribution in [0, 0.1) is 13.8 Å². The lowest BCUT2D eigenvalue weighted by Crippen LogP contribution is -2.39. The maximum atomic E-state index is 5.54. The van der Waals surface area contributed by atoms with Crippen LogP contribution in [0.4, 0.5) is 5.69 Å². The number of benzene rings is 2. The largest absolute Gasteiger partial charge is 0.493 e. The molecule has 0 saturated carbocycles. The van der Waals surface area contributed by atoms with Crippen LogP contribution in [-0.2, 0) is 0 Å². The second-order valence-electron chi connectivity index (χ2n) is 7.51. The lowest BCUT2D eigenvalue weighted by molar-refractivity contribution is 0.355. The van der Waals surface area contributed by atoms with Crippen LogP contribution < -0.4 is 14.5 Å². The van der Waals surface area contributed by atoms with Crippen molar-refractivity contribution in [2.45, 2.75) is 33.7 Å². The average molecular weight is 389 g/mol. The van der Waals surface area contributed by atoms with Crippen molar-refractivity contribution in [2.24, 2.45) is 4.99 Å². The fraction of sp³-hybridized carbons (Fsp3) is 0.292. The highest BCUT2D eigenvalue weighted by Crippen LogP contribution is 2.43. The predicted octanol–water partition coefficient (Wildman–Crippen LogP) is 5.10. The molecule has 0 saturated heterocycles. The Morgan fingerprint density at radius 1 is 0.897 bits per heavy atom. The number of fused-ring (bicyclic) bond motifs is 1. The van der Waals surface area contributed by atoms with Crippen molar-refractivity contribution in [3.8, 4) is 11.5 Å². The molecule has 2 aliphatic rings. The van der Waals surface area contributed by atoms with Gasteiger partial charge in [0.25, 0.3) is 0 Å². The molecule has 0 amide bonds. The fourth-order valence-corrected chi connectivity index (χ4v) is 3.95. The van der Waals surface area contributed by atoms with Crippen molar-refractivity contribution in [3.63, 3.8) is 0 Å². The number of hydrogen-bond donors (Lipinski definition) is 0. The Morgan fingerprint density at radius 3 is 2.34 bits per heavy atom. The number of hydrogen-bond acceptors (Lipinski definition) is 5. The van der Waals surface area contributed by atoms with E-state index in [-0.39, 0.29) is 6.04 Å². The minimum Gasteiger partial charge on any atom is -0.493 e. The molecular weight excluding hydrogens is 362 g/mol. The number of aliphatic imine (C=N–C) groups is 1. The first-order valence-corrected chi connectivity index (χ1v) is 9.80. The number of aryl methyl sites for hydroxylation is 2. The maximum Gasteiger partial charge on any atom is 0.161 e. The van der Waals surface area contributed by atoms with Crippen LogP contribution in [0.25, 0.3) is 5.57 Å². The van der Waals surface area contributed by atoms with E-state index in [0.717, 1.165) is 34.1 Å². The van der Waals surface area contributed by atoms with Crippen molar-refractivity contribution >= 4 is 17.0 Å². The molecule has 1 unspecified atom stereocenters. The number of hydrazine groups is 1. The molecule has 5 nitrogen and oxygen atoms in total. The molecule has 1 atom stereocenters. The Morgan fingerprint density at radius 2 is 1.66 bits per heavy atom. The number of rotatable bonds is 4. The molecule has 0 aromatic heterocycles. The van der Waals surface area contributed by atoms with Gasteiger partial charge < -0.3 is 9.47 Å². The smallest absolute Gasteiger partial charge is 0.161 e. The molecule has 0 N–H and O–H groups in total. The van der Waals surface area contributed by atoms with Gasteiger partial charge in [0.05, 0.1) is 25.9 Å². The fourth-order valence-electron chi connectivity index (χ4n) is 3.95. The molecule has 0 fully saturated rings. The minimum atomic E-state index is 0.101. The Hall–Kier alpha value is -3.21. The van der Waals surface area contributed by atoms with Gasteiger partial charge in [-0.05, 0) is 74.7 Å². The summed E-state index contributed by atoms with van der Waals surface area (Å²) in [5.41, 5.74) is 6.94. The molecule has 29 heavy (non-hydrogen) atoms. The summed E-state index contributed by atoms with van der Waals surface area (Å²) in [7, 11) is 3.32.